The van der Waals surface area contributed by atoms with E-state index in [4.69, 9.17) is 17.3 Å². The number of piperidine rings is 1. The third-order valence-electron chi connectivity index (χ3n) is 3.84. The summed E-state index contributed by atoms with van der Waals surface area (Å²) in [5.41, 5.74) is 5.21. The largest absolute Gasteiger partial charge is 0.480 e. The molecular weight excluding hydrogens is 280 g/mol. The fraction of sp³-hybridized carbons (Fsp3) is 0.429. The lowest BCUT2D eigenvalue weighted by molar-refractivity contribution is -0.150. The molecule has 1 aromatic rings. The molecule has 0 aliphatic carbocycles. The third kappa shape index (κ3) is 2.45. The Bertz CT molecular complexity index is 561. The van der Waals surface area contributed by atoms with Crippen LogP contribution in [0.2, 0.25) is 5.02 Å². The van der Waals surface area contributed by atoms with Gasteiger partial charge in [0.05, 0.1) is 10.7 Å². The second-order valence-electron chi connectivity index (χ2n) is 5.23. The SMILES string of the molecule is CC1(C(=O)O)CCCCN1C(=O)c1ccc(N)c(Cl)c1. The molecule has 3 N–H and O–H groups in total. The van der Waals surface area contributed by atoms with E-state index in [0.717, 1.165) is 12.8 Å². The van der Waals surface area contributed by atoms with Gasteiger partial charge in [0.1, 0.15) is 5.54 Å². The minimum Gasteiger partial charge on any atom is -0.480 e. The van der Waals surface area contributed by atoms with Crippen LogP contribution in [-0.2, 0) is 4.79 Å². The zero-order chi connectivity index (χ0) is 14.9. The maximum Gasteiger partial charge on any atom is 0.329 e. The Morgan fingerprint density at radius 2 is 2.10 bits per heavy atom. The Hall–Kier alpha value is -1.75. The van der Waals surface area contributed by atoms with Crippen molar-refractivity contribution in [1.29, 1.82) is 0 Å². The van der Waals surface area contributed by atoms with Crippen LogP contribution in [0.3, 0.4) is 0 Å². The first-order chi connectivity index (χ1) is 9.36. The van der Waals surface area contributed by atoms with Crippen LogP contribution in [0.15, 0.2) is 18.2 Å². The second kappa shape index (κ2) is 5.32. The molecule has 5 nitrogen and oxygen atoms in total. The number of rotatable bonds is 2. The van der Waals surface area contributed by atoms with Crippen LogP contribution >= 0.6 is 11.6 Å². The van der Waals surface area contributed by atoms with Gasteiger partial charge in [0.2, 0.25) is 0 Å². The minimum atomic E-state index is -1.16. The zero-order valence-corrected chi connectivity index (χ0v) is 12.0. The molecular formula is C14H17ClN2O3. The highest BCUT2D eigenvalue weighted by Crippen LogP contribution is 2.30. The van der Waals surface area contributed by atoms with Gasteiger partial charge in [0.25, 0.3) is 5.91 Å². The van der Waals surface area contributed by atoms with Crippen molar-refractivity contribution < 1.29 is 14.7 Å². The first-order valence-corrected chi connectivity index (χ1v) is 6.84. The van der Waals surface area contributed by atoms with Crippen LogP contribution in [0.1, 0.15) is 36.5 Å². The van der Waals surface area contributed by atoms with Crippen LogP contribution in [0, 0.1) is 0 Å². The zero-order valence-electron chi connectivity index (χ0n) is 11.2. The topological polar surface area (TPSA) is 83.6 Å². The number of nitrogens with zero attached hydrogens (tertiary/aromatic N) is 1. The van der Waals surface area contributed by atoms with Gasteiger partial charge in [-0.25, -0.2) is 4.79 Å². The van der Waals surface area contributed by atoms with Gasteiger partial charge in [-0.15, -0.1) is 0 Å². The number of nitrogen functional groups attached to an aromatic ring is 1. The number of aliphatic carboxylic acids is 1. The minimum absolute atomic E-state index is 0.296. The van der Waals surface area contributed by atoms with E-state index < -0.39 is 11.5 Å². The molecule has 1 aromatic carbocycles. The Balaban J connectivity index is 2.35. The first-order valence-electron chi connectivity index (χ1n) is 6.46. The van der Waals surface area contributed by atoms with E-state index in [-0.39, 0.29) is 5.91 Å². The van der Waals surface area contributed by atoms with Crippen molar-refractivity contribution >= 4 is 29.2 Å². The highest BCUT2D eigenvalue weighted by Gasteiger charge is 2.44. The fourth-order valence-corrected chi connectivity index (χ4v) is 2.67. The van der Waals surface area contributed by atoms with Gasteiger partial charge in [-0.05, 0) is 44.4 Å². The summed E-state index contributed by atoms with van der Waals surface area (Å²) < 4.78 is 0. The summed E-state index contributed by atoms with van der Waals surface area (Å²) in [6, 6.07) is 4.61. The smallest absolute Gasteiger partial charge is 0.329 e. The number of anilines is 1. The van der Waals surface area contributed by atoms with Gasteiger partial charge in [-0.3, -0.25) is 4.79 Å². The van der Waals surface area contributed by atoms with E-state index in [9.17, 15) is 14.7 Å². The summed E-state index contributed by atoms with van der Waals surface area (Å²) in [4.78, 5) is 25.5. The third-order valence-corrected chi connectivity index (χ3v) is 4.17. The maximum absolute atomic E-state index is 12.5. The number of carboxylic acids is 1. The molecule has 108 valence electrons. The van der Waals surface area contributed by atoms with E-state index in [0.29, 0.717) is 29.2 Å². The summed E-state index contributed by atoms with van der Waals surface area (Å²) in [7, 11) is 0. The molecule has 1 aliphatic rings. The number of halogens is 1. The molecule has 2 rings (SSSR count). The van der Waals surface area contributed by atoms with Crippen LogP contribution < -0.4 is 5.73 Å². The summed E-state index contributed by atoms with van der Waals surface area (Å²) >= 11 is 5.92. The average Bonchev–Trinajstić information content (AvgIpc) is 2.41. The highest BCUT2D eigenvalue weighted by atomic mass is 35.5. The van der Waals surface area contributed by atoms with Gasteiger partial charge in [0, 0.05) is 12.1 Å². The quantitative estimate of drug-likeness (QED) is 0.821. The number of hydrogen-bond acceptors (Lipinski definition) is 3. The average molecular weight is 297 g/mol. The van der Waals surface area contributed by atoms with Crippen LogP contribution in [0.25, 0.3) is 0 Å². The van der Waals surface area contributed by atoms with Gasteiger partial charge in [-0.2, -0.15) is 0 Å². The Kier molecular flexibility index (Phi) is 3.90. The Morgan fingerprint density at radius 3 is 2.70 bits per heavy atom. The van der Waals surface area contributed by atoms with Gasteiger partial charge >= 0.3 is 5.97 Å². The number of nitrogens with two attached hydrogens (primary N) is 1. The number of amides is 1. The number of hydrogen-bond donors (Lipinski definition) is 2. The van der Waals surface area contributed by atoms with E-state index in [1.54, 1.807) is 19.1 Å². The molecule has 1 amide bonds. The summed E-state index contributed by atoms with van der Waals surface area (Å²) in [6.07, 6.45) is 2.06. The van der Waals surface area contributed by atoms with E-state index in [2.05, 4.69) is 0 Å². The molecule has 0 aromatic heterocycles. The predicted octanol–water partition coefficient (Wildman–Crippen LogP) is 2.39. The van der Waals surface area contributed by atoms with Gasteiger partial charge in [0.15, 0.2) is 0 Å². The van der Waals surface area contributed by atoms with Crippen molar-refractivity contribution in [3.05, 3.63) is 28.8 Å². The molecule has 0 spiro atoms. The van der Waals surface area contributed by atoms with Crippen molar-refractivity contribution in [2.24, 2.45) is 0 Å². The Labute approximate surface area is 122 Å². The fourth-order valence-electron chi connectivity index (χ4n) is 2.48. The first kappa shape index (κ1) is 14.7. The summed E-state index contributed by atoms with van der Waals surface area (Å²) in [6.45, 7) is 2.02. The van der Waals surface area contributed by atoms with E-state index in [1.807, 2.05) is 0 Å². The lowest BCUT2D eigenvalue weighted by atomic mass is 9.88. The van der Waals surface area contributed by atoms with Crippen LogP contribution in [0.5, 0.6) is 0 Å². The monoisotopic (exact) mass is 296 g/mol. The molecule has 6 heteroatoms. The standard InChI is InChI=1S/C14H17ClN2O3/c1-14(13(19)20)6-2-3-7-17(14)12(18)9-4-5-11(16)10(15)8-9/h4-5,8H,2-3,6-7,16H2,1H3,(H,19,20). The summed E-state index contributed by atoms with van der Waals surface area (Å²) in [5.74, 6) is -1.30. The summed E-state index contributed by atoms with van der Waals surface area (Å²) in [5, 5.41) is 9.72. The molecule has 0 bridgehead atoms. The van der Waals surface area contributed by atoms with Crippen molar-refractivity contribution in [3.63, 3.8) is 0 Å². The molecule has 20 heavy (non-hydrogen) atoms. The Morgan fingerprint density at radius 1 is 1.40 bits per heavy atom. The molecule has 1 aliphatic heterocycles. The van der Waals surface area contributed by atoms with Crippen molar-refractivity contribution in [3.8, 4) is 0 Å². The molecule has 1 saturated heterocycles. The molecule has 1 fully saturated rings. The lowest BCUT2D eigenvalue weighted by Crippen LogP contribution is -2.57. The molecule has 0 radical (unpaired) electrons. The molecule has 1 atom stereocenters. The number of carbonyl (C=O) groups excluding carboxylic acids is 1. The van der Waals surface area contributed by atoms with Crippen LogP contribution in [-0.4, -0.2) is 34.0 Å². The van der Waals surface area contributed by atoms with Crippen molar-refractivity contribution in [2.75, 3.05) is 12.3 Å². The van der Waals surface area contributed by atoms with E-state index >= 15 is 0 Å². The lowest BCUT2D eigenvalue weighted by Gasteiger charge is -2.41. The van der Waals surface area contributed by atoms with Crippen molar-refractivity contribution in [2.45, 2.75) is 31.7 Å². The number of carbonyl (C=O) groups is 2. The molecule has 1 heterocycles. The maximum atomic E-state index is 12.5. The van der Waals surface area contributed by atoms with Crippen LogP contribution in [0.4, 0.5) is 5.69 Å². The van der Waals surface area contributed by atoms with Gasteiger partial charge < -0.3 is 15.7 Å². The number of benzene rings is 1. The second-order valence-corrected chi connectivity index (χ2v) is 5.64. The van der Waals surface area contributed by atoms with Gasteiger partial charge in [-0.1, -0.05) is 11.6 Å². The molecule has 0 saturated carbocycles. The predicted molar refractivity (Wildman–Crippen MR) is 76.8 cm³/mol. The number of likely N-dealkylation sites (tertiary alicyclic amines) is 1. The molecule has 1 unspecified atom stereocenters. The van der Waals surface area contributed by atoms with E-state index in [1.165, 1.54) is 11.0 Å². The number of carboxylic acid groups (broad SMARTS) is 1. The highest BCUT2D eigenvalue weighted by molar-refractivity contribution is 6.33. The van der Waals surface area contributed by atoms with Crippen molar-refractivity contribution in [1.82, 2.24) is 4.90 Å². The normalized spacial score (nSPS) is 22.6.